The monoisotopic (exact) mass is 488 g/mol. The number of nitrogens with zero attached hydrogens (tertiary/aromatic N) is 3. The summed E-state index contributed by atoms with van der Waals surface area (Å²) in [4.78, 5) is 4.55. The maximum Gasteiger partial charge on any atom is 0.296 e. The summed E-state index contributed by atoms with van der Waals surface area (Å²) in [5.74, 6) is 1.88. The lowest BCUT2D eigenvalue weighted by atomic mass is 9.88. The van der Waals surface area contributed by atoms with Crippen LogP contribution in [0.15, 0.2) is 73.1 Å². The van der Waals surface area contributed by atoms with Gasteiger partial charge >= 0.3 is 0 Å². The highest BCUT2D eigenvalue weighted by Gasteiger charge is 2.32. The lowest BCUT2D eigenvalue weighted by Crippen LogP contribution is -2.30. The summed E-state index contributed by atoms with van der Waals surface area (Å²) in [6, 6.07) is 22.4. The van der Waals surface area contributed by atoms with Gasteiger partial charge in [0.15, 0.2) is 11.0 Å². The summed E-state index contributed by atoms with van der Waals surface area (Å²) in [7, 11) is 2.19. The summed E-state index contributed by atoms with van der Waals surface area (Å²) in [5.41, 5.74) is 14.0. The number of hydrogen-bond donors (Lipinski definition) is 0. The third-order valence-corrected chi connectivity index (χ3v) is 7.75. The van der Waals surface area contributed by atoms with Gasteiger partial charge in [0, 0.05) is 23.5 Å². The van der Waals surface area contributed by atoms with Crippen LogP contribution in [0.5, 0.6) is 0 Å². The summed E-state index contributed by atoms with van der Waals surface area (Å²) in [5, 5.41) is 0. The van der Waals surface area contributed by atoms with E-state index in [1.165, 1.54) is 61.5 Å². The number of fused-ring (bicyclic) bond motifs is 1. The molecule has 0 atom stereocenters. The molecule has 2 heterocycles. The molecule has 188 valence electrons. The first-order chi connectivity index (χ1) is 17.7. The number of benzene rings is 3. The van der Waals surface area contributed by atoms with Gasteiger partial charge in [-0.15, -0.1) is 0 Å². The van der Waals surface area contributed by atoms with Crippen molar-refractivity contribution in [3.8, 4) is 28.2 Å². The van der Waals surface area contributed by atoms with E-state index in [0.29, 0.717) is 11.8 Å². The van der Waals surface area contributed by atoms with Gasteiger partial charge in [-0.05, 0) is 90.8 Å². The molecule has 0 amide bonds. The van der Waals surface area contributed by atoms with E-state index in [1.54, 1.807) is 0 Å². The average molecular weight is 489 g/mol. The largest absolute Gasteiger partial charge is 0.296 e. The zero-order chi connectivity index (χ0) is 26.4. The van der Waals surface area contributed by atoms with Crippen LogP contribution in [0.4, 0.5) is 0 Å². The quantitative estimate of drug-likeness (QED) is 0.228. The number of hydrogen-bond acceptors (Lipinski definition) is 1. The minimum atomic E-state index is 0.355. The Morgan fingerprint density at radius 2 is 1.35 bits per heavy atom. The Kier molecular flexibility index (Phi) is 6.49. The van der Waals surface area contributed by atoms with E-state index >= 15 is 0 Å². The summed E-state index contributed by atoms with van der Waals surface area (Å²) < 4.78 is 4.87. The van der Waals surface area contributed by atoms with E-state index in [9.17, 15) is 0 Å². The van der Waals surface area contributed by atoms with Crippen LogP contribution in [0.25, 0.3) is 39.2 Å². The van der Waals surface area contributed by atoms with Crippen molar-refractivity contribution >= 4 is 11.0 Å². The van der Waals surface area contributed by atoms with Crippen LogP contribution in [0.2, 0.25) is 0 Å². The smallest absolute Gasteiger partial charge is 0.264 e. The number of pyridine rings is 1. The standard InChI is InChI=1S/C34H38N3/c1-21(2)28-18-27(26-12-10-9-11-13-26)19-29(22(3)4)33(28)37-32-17-25(7)24(6)16-31(32)36(8)34(37)30-20-35-15-14-23(30)5/h9-22H,1-8H3/q+1. The Labute approximate surface area is 221 Å². The van der Waals surface area contributed by atoms with Crippen LogP contribution in [0.1, 0.15) is 67.3 Å². The highest BCUT2D eigenvalue weighted by atomic mass is 15.2. The zero-order valence-electron chi connectivity index (χ0n) is 23.4. The Hall–Kier alpha value is -3.72. The Morgan fingerprint density at radius 3 is 1.95 bits per heavy atom. The Balaban J connectivity index is 1.97. The van der Waals surface area contributed by atoms with Crippen molar-refractivity contribution in [2.45, 2.75) is 60.3 Å². The first-order valence-electron chi connectivity index (χ1n) is 13.3. The SMILES string of the molecule is Cc1cc2c(cc1C)[n+](C)c(-c1cnccc1C)n2-c1c(C(C)C)cc(-c2ccccc2)cc1C(C)C. The third-order valence-electron chi connectivity index (χ3n) is 7.75. The molecule has 0 aliphatic heterocycles. The number of imidazole rings is 1. The molecule has 0 N–H and O–H groups in total. The van der Waals surface area contributed by atoms with Crippen LogP contribution >= 0.6 is 0 Å². The minimum absolute atomic E-state index is 0.355. The van der Waals surface area contributed by atoms with Crippen molar-refractivity contribution in [1.82, 2.24) is 9.55 Å². The van der Waals surface area contributed by atoms with Gasteiger partial charge in [-0.25, -0.2) is 4.57 Å². The molecule has 0 fully saturated rings. The molecule has 0 unspecified atom stereocenters. The van der Waals surface area contributed by atoms with Crippen molar-refractivity contribution in [2.24, 2.45) is 7.05 Å². The van der Waals surface area contributed by atoms with Crippen LogP contribution in [0.3, 0.4) is 0 Å². The molecule has 5 rings (SSSR count). The van der Waals surface area contributed by atoms with Crippen LogP contribution in [-0.2, 0) is 7.05 Å². The van der Waals surface area contributed by atoms with Crippen molar-refractivity contribution in [3.63, 3.8) is 0 Å². The fourth-order valence-corrected chi connectivity index (χ4v) is 5.45. The van der Waals surface area contributed by atoms with E-state index in [1.807, 2.05) is 12.4 Å². The van der Waals surface area contributed by atoms with Gasteiger partial charge in [-0.2, -0.15) is 4.57 Å². The van der Waals surface area contributed by atoms with E-state index in [2.05, 4.69) is 130 Å². The summed E-state index contributed by atoms with van der Waals surface area (Å²) >= 11 is 0. The Bertz CT molecular complexity index is 1580. The van der Waals surface area contributed by atoms with Gasteiger partial charge in [-0.3, -0.25) is 4.98 Å². The first kappa shape index (κ1) is 25.0. The maximum atomic E-state index is 4.55. The minimum Gasteiger partial charge on any atom is -0.264 e. The van der Waals surface area contributed by atoms with Crippen molar-refractivity contribution < 1.29 is 4.57 Å². The molecule has 0 saturated heterocycles. The molecule has 37 heavy (non-hydrogen) atoms. The van der Waals surface area contributed by atoms with Crippen molar-refractivity contribution in [3.05, 3.63) is 101 Å². The zero-order valence-corrected chi connectivity index (χ0v) is 23.4. The molecule has 0 spiro atoms. The van der Waals surface area contributed by atoms with Crippen LogP contribution < -0.4 is 4.57 Å². The van der Waals surface area contributed by atoms with E-state index in [4.69, 9.17) is 0 Å². The van der Waals surface area contributed by atoms with Crippen molar-refractivity contribution in [2.75, 3.05) is 0 Å². The van der Waals surface area contributed by atoms with Crippen molar-refractivity contribution in [1.29, 1.82) is 0 Å². The lowest BCUT2D eigenvalue weighted by Gasteiger charge is -2.21. The molecule has 0 radical (unpaired) electrons. The molecule has 5 aromatic rings. The topological polar surface area (TPSA) is 21.7 Å². The van der Waals surface area contributed by atoms with Gasteiger partial charge < -0.3 is 0 Å². The van der Waals surface area contributed by atoms with Gasteiger partial charge in [0.2, 0.25) is 0 Å². The highest BCUT2D eigenvalue weighted by molar-refractivity contribution is 5.83. The summed E-state index contributed by atoms with van der Waals surface area (Å²) in [6.45, 7) is 15.9. The predicted octanol–water partition coefficient (Wildman–Crippen LogP) is 8.36. The molecule has 0 aliphatic rings. The number of aromatic nitrogens is 3. The van der Waals surface area contributed by atoms with Gasteiger partial charge in [-0.1, -0.05) is 58.0 Å². The van der Waals surface area contributed by atoms with Gasteiger partial charge in [0.25, 0.3) is 5.82 Å². The maximum absolute atomic E-state index is 4.55. The van der Waals surface area contributed by atoms with Gasteiger partial charge in [0.05, 0.1) is 12.6 Å². The lowest BCUT2D eigenvalue weighted by molar-refractivity contribution is -0.633. The third kappa shape index (κ3) is 4.27. The second kappa shape index (κ2) is 9.63. The molecule has 0 bridgehead atoms. The molecule has 3 nitrogen and oxygen atoms in total. The van der Waals surface area contributed by atoms with E-state index < -0.39 is 0 Å². The second-order valence-electron chi connectivity index (χ2n) is 11.0. The number of aryl methyl sites for hydroxylation is 4. The molecular weight excluding hydrogens is 450 g/mol. The Morgan fingerprint density at radius 1 is 0.730 bits per heavy atom. The first-order valence-corrected chi connectivity index (χ1v) is 13.3. The fraction of sp³-hybridized carbons (Fsp3) is 0.294. The van der Waals surface area contributed by atoms with E-state index in [-0.39, 0.29) is 0 Å². The number of rotatable bonds is 5. The fourth-order valence-electron chi connectivity index (χ4n) is 5.45. The highest BCUT2D eigenvalue weighted by Crippen LogP contribution is 2.40. The second-order valence-corrected chi connectivity index (χ2v) is 11.0. The molecule has 0 saturated carbocycles. The summed E-state index contributed by atoms with van der Waals surface area (Å²) in [6.07, 6.45) is 3.90. The van der Waals surface area contributed by atoms with Crippen LogP contribution in [-0.4, -0.2) is 9.55 Å². The van der Waals surface area contributed by atoms with Gasteiger partial charge in [0.1, 0.15) is 5.69 Å². The van der Waals surface area contributed by atoms with E-state index in [0.717, 1.165) is 5.56 Å². The van der Waals surface area contributed by atoms with Crippen LogP contribution in [0, 0.1) is 20.8 Å². The molecule has 2 aromatic heterocycles. The molecule has 3 aromatic carbocycles. The molecule has 0 aliphatic carbocycles. The molecule has 3 heteroatoms. The predicted molar refractivity (Wildman–Crippen MR) is 156 cm³/mol. The average Bonchev–Trinajstić information content (AvgIpc) is 3.14. The molecular formula is C34H38N3+. The normalized spacial score (nSPS) is 11.7.